The molecule has 0 aliphatic heterocycles. The van der Waals surface area contributed by atoms with Gasteiger partial charge in [0.05, 0.1) is 17.5 Å². The summed E-state index contributed by atoms with van der Waals surface area (Å²) in [6, 6.07) is 3.79. The van der Waals surface area contributed by atoms with Crippen LogP contribution in [0.2, 0.25) is 0 Å². The van der Waals surface area contributed by atoms with Gasteiger partial charge in [0.15, 0.2) is 0 Å². The van der Waals surface area contributed by atoms with E-state index in [4.69, 9.17) is 9.47 Å². The van der Waals surface area contributed by atoms with E-state index in [0.29, 0.717) is 23.2 Å². The van der Waals surface area contributed by atoms with Crippen molar-refractivity contribution in [3.8, 4) is 17.1 Å². The number of alkyl carbamates (subject to hydrolysis) is 1. The average molecular weight is 345 g/mol. The summed E-state index contributed by atoms with van der Waals surface area (Å²) < 4.78 is 12.7. The topological polar surface area (TPSA) is 91.2 Å². The van der Waals surface area contributed by atoms with Crippen molar-refractivity contribution in [2.75, 3.05) is 7.05 Å². The zero-order valence-electron chi connectivity index (χ0n) is 14.8. The monoisotopic (exact) mass is 345 g/mol. The van der Waals surface area contributed by atoms with Crippen molar-refractivity contribution in [1.82, 2.24) is 25.3 Å². The minimum atomic E-state index is -0.503. The van der Waals surface area contributed by atoms with E-state index in [9.17, 15) is 4.79 Å². The first-order chi connectivity index (χ1) is 12.1. The third-order valence-corrected chi connectivity index (χ3v) is 4.36. The van der Waals surface area contributed by atoms with Gasteiger partial charge < -0.3 is 14.8 Å². The van der Waals surface area contributed by atoms with Crippen LogP contribution in [0.3, 0.4) is 0 Å². The van der Waals surface area contributed by atoms with Crippen molar-refractivity contribution in [3.05, 3.63) is 23.5 Å². The molecule has 8 heteroatoms. The fraction of sp³-hybridized carbons (Fsp3) is 0.529. The lowest BCUT2D eigenvalue weighted by molar-refractivity contribution is 0.139. The molecule has 2 heterocycles. The molecule has 1 N–H and O–H groups in total. The minimum absolute atomic E-state index is 0.0690. The van der Waals surface area contributed by atoms with E-state index in [1.54, 1.807) is 11.7 Å². The fourth-order valence-electron chi connectivity index (χ4n) is 2.93. The summed E-state index contributed by atoms with van der Waals surface area (Å²) in [5, 5.41) is 10.6. The molecule has 0 saturated heterocycles. The number of pyridine rings is 1. The van der Waals surface area contributed by atoms with Gasteiger partial charge in [-0.05, 0) is 44.7 Å². The largest absolute Gasteiger partial charge is 0.489 e. The third kappa shape index (κ3) is 3.89. The molecule has 0 spiro atoms. The molecule has 1 aliphatic carbocycles. The van der Waals surface area contributed by atoms with E-state index < -0.39 is 6.09 Å². The van der Waals surface area contributed by atoms with Crippen LogP contribution in [0.15, 0.2) is 12.1 Å². The Morgan fingerprint density at radius 3 is 2.80 bits per heavy atom. The summed E-state index contributed by atoms with van der Waals surface area (Å²) in [6.07, 6.45) is 4.45. The molecule has 2 aromatic rings. The van der Waals surface area contributed by atoms with Crippen molar-refractivity contribution in [2.24, 2.45) is 7.05 Å². The Labute approximate surface area is 146 Å². The number of aromatic nitrogens is 4. The number of amides is 1. The van der Waals surface area contributed by atoms with Gasteiger partial charge in [0.1, 0.15) is 23.7 Å². The average Bonchev–Trinajstić information content (AvgIpc) is 3.24. The number of nitrogens with one attached hydrogen (secondary N) is 1. The van der Waals surface area contributed by atoms with E-state index in [0.717, 1.165) is 24.3 Å². The predicted octanol–water partition coefficient (Wildman–Crippen LogP) is 2.36. The number of carbonyl (C=O) groups excluding carboxylic acids is 1. The predicted molar refractivity (Wildman–Crippen MR) is 91.1 cm³/mol. The van der Waals surface area contributed by atoms with Crippen molar-refractivity contribution in [2.45, 2.75) is 45.3 Å². The highest BCUT2D eigenvalue weighted by molar-refractivity contribution is 5.67. The standard InChI is InChI=1S/C17H23N5O3/c1-11-15(25-12-6-4-5-7-12)9-8-13(19-11)16-14(22(3)21-20-16)10-24-17(23)18-2/h8-9,12H,4-7,10H2,1-3H3,(H,18,23). The van der Waals surface area contributed by atoms with Crippen LogP contribution in [0, 0.1) is 6.92 Å². The molecular weight excluding hydrogens is 322 g/mol. The number of rotatable bonds is 5. The summed E-state index contributed by atoms with van der Waals surface area (Å²) in [7, 11) is 3.27. The van der Waals surface area contributed by atoms with Crippen molar-refractivity contribution in [1.29, 1.82) is 0 Å². The highest BCUT2D eigenvalue weighted by Crippen LogP contribution is 2.28. The van der Waals surface area contributed by atoms with E-state index in [-0.39, 0.29) is 6.61 Å². The molecule has 1 saturated carbocycles. The lowest BCUT2D eigenvalue weighted by atomic mass is 10.2. The lowest BCUT2D eigenvalue weighted by Crippen LogP contribution is -2.19. The lowest BCUT2D eigenvalue weighted by Gasteiger charge is -2.15. The number of hydrogen-bond donors (Lipinski definition) is 1. The van der Waals surface area contributed by atoms with Crippen LogP contribution in [0.25, 0.3) is 11.4 Å². The molecule has 134 valence electrons. The normalized spacial score (nSPS) is 14.5. The zero-order chi connectivity index (χ0) is 17.8. The van der Waals surface area contributed by atoms with Gasteiger partial charge in [0, 0.05) is 14.1 Å². The van der Waals surface area contributed by atoms with Gasteiger partial charge in [0.25, 0.3) is 0 Å². The van der Waals surface area contributed by atoms with Gasteiger partial charge in [-0.25, -0.2) is 14.5 Å². The quantitative estimate of drug-likeness (QED) is 0.894. The van der Waals surface area contributed by atoms with Crippen LogP contribution in [0.5, 0.6) is 5.75 Å². The summed E-state index contributed by atoms with van der Waals surface area (Å²) >= 11 is 0. The van der Waals surface area contributed by atoms with Crippen molar-refractivity contribution in [3.63, 3.8) is 0 Å². The summed E-state index contributed by atoms with van der Waals surface area (Å²) in [5.74, 6) is 0.808. The molecule has 0 atom stereocenters. The molecule has 2 aromatic heterocycles. The summed E-state index contributed by atoms with van der Waals surface area (Å²) in [5.41, 5.74) is 2.77. The Morgan fingerprint density at radius 1 is 1.36 bits per heavy atom. The van der Waals surface area contributed by atoms with E-state index in [1.165, 1.54) is 19.9 Å². The Kier molecular flexibility index (Phi) is 5.16. The second kappa shape index (κ2) is 7.50. The van der Waals surface area contributed by atoms with Gasteiger partial charge in [-0.1, -0.05) is 5.21 Å². The number of hydrogen-bond acceptors (Lipinski definition) is 6. The Morgan fingerprint density at radius 2 is 2.12 bits per heavy atom. The number of carbonyl (C=O) groups is 1. The fourth-order valence-corrected chi connectivity index (χ4v) is 2.93. The van der Waals surface area contributed by atoms with Crippen LogP contribution in [-0.2, 0) is 18.4 Å². The minimum Gasteiger partial charge on any atom is -0.489 e. The van der Waals surface area contributed by atoms with Crippen LogP contribution >= 0.6 is 0 Å². The van der Waals surface area contributed by atoms with Crippen molar-refractivity contribution >= 4 is 6.09 Å². The van der Waals surface area contributed by atoms with Crippen LogP contribution < -0.4 is 10.1 Å². The molecule has 1 fully saturated rings. The first-order valence-electron chi connectivity index (χ1n) is 8.46. The van der Waals surface area contributed by atoms with Gasteiger partial charge >= 0.3 is 6.09 Å². The highest BCUT2D eigenvalue weighted by Gasteiger charge is 2.20. The van der Waals surface area contributed by atoms with Crippen LogP contribution in [0.4, 0.5) is 4.79 Å². The molecule has 25 heavy (non-hydrogen) atoms. The third-order valence-electron chi connectivity index (χ3n) is 4.36. The first kappa shape index (κ1) is 17.2. The maximum Gasteiger partial charge on any atom is 0.407 e. The Hall–Kier alpha value is -2.64. The second-order valence-electron chi connectivity index (χ2n) is 6.14. The molecular formula is C17H23N5O3. The Balaban J connectivity index is 1.79. The summed E-state index contributed by atoms with van der Waals surface area (Å²) in [4.78, 5) is 15.9. The molecule has 0 radical (unpaired) electrons. The summed E-state index contributed by atoms with van der Waals surface area (Å²) in [6.45, 7) is 1.99. The smallest absolute Gasteiger partial charge is 0.407 e. The molecule has 0 bridgehead atoms. The zero-order valence-corrected chi connectivity index (χ0v) is 14.8. The maximum atomic E-state index is 11.3. The second-order valence-corrected chi connectivity index (χ2v) is 6.14. The maximum absolute atomic E-state index is 11.3. The Bertz CT molecular complexity index is 753. The van der Waals surface area contributed by atoms with Crippen LogP contribution in [0.1, 0.15) is 37.1 Å². The number of aryl methyl sites for hydroxylation is 2. The SMILES string of the molecule is CNC(=O)OCc1c(-c2ccc(OC3CCCC3)c(C)n2)nnn1C. The molecule has 1 aliphatic rings. The van der Waals surface area contributed by atoms with Gasteiger partial charge in [-0.15, -0.1) is 5.10 Å². The number of nitrogens with zero attached hydrogens (tertiary/aromatic N) is 4. The van der Waals surface area contributed by atoms with Gasteiger partial charge in [-0.3, -0.25) is 0 Å². The highest BCUT2D eigenvalue weighted by atomic mass is 16.5. The van der Waals surface area contributed by atoms with E-state index >= 15 is 0 Å². The van der Waals surface area contributed by atoms with E-state index in [2.05, 4.69) is 20.6 Å². The van der Waals surface area contributed by atoms with Gasteiger partial charge in [-0.2, -0.15) is 0 Å². The van der Waals surface area contributed by atoms with Crippen molar-refractivity contribution < 1.29 is 14.3 Å². The van der Waals surface area contributed by atoms with Crippen LogP contribution in [-0.4, -0.2) is 39.2 Å². The number of ether oxygens (including phenoxy) is 2. The molecule has 3 rings (SSSR count). The van der Waals surface area contributed by atoms with E-state index in [1.807, 2.05) is 19.1 Å². The molecule has 0 unspecified atom stereocenters. The molecule has 1 amide bonds. The molecule has 8 nitrogen and oxygen atoms in total. The molecule has 0 aromatic carbocycles. The van der Waals surface area contributed by atoms with Gasteiger partial charge in [0.2, 0.25) is 0 Å². The first-order valence-corrected chi connectivity index (χ1v) is 8.46.